The Labute approximate surface area is 105 Å². The van der Waals surface area contributed by atoms with E-state index < -0.39 is 5.82 Å². The molecule has 18 heavy (non-hydrogen) atoms. The van der Waals surface area contributed by atoms with Gasteiger partial charge in [-0.1, -0.05) is 0 Å². The lowest BCUT2D eigenvalue weighted by Crippen LogP contribution is -2.39. The van der Waals surface area contributed by atoms with Crippen LogP contribution in [-0.4, -0.2) is 32.3 Å². The predicted octanol–water partition coefficient (Wildman–Crippen LogP) is 1.74. The lowest BCUT2D eigenvalue weighted by atomic mass is 10.1. The van der Waals surface area contributed by atoms with Crippen LogP contribution in [0.5, 0.6) is 5.75 Å². The van der Waals surface area contributed by atoms with Crippen molar-refractivity contribution in [3.63, 3.8) is 0 Å². The summed E-state index contributed by atoms with van der Waals surface area (Å²) >= 11 is 0. The van der Waals surface area contributed by atoms with E-state index in [-0.39, 0.29) is 17.5 Å². The molecular formula is C13H16FNO3. The summed E-state index contributed by atoms with van der Waals surface area (Å²) in [6.45, 7) is 1.27. The molecule has 0 atom stereocenters. The number of halogens is 1. The smallest absolute Gasteiger partial charge is 0.254 e. The molecule has 0 saturated carbocycles. The maximum absolute atomic E-state index is 13.7. The number of hydrogen-bond donors (Lipinski definition) is 1. The highest BCUT2D eigenvalue weighted by Gasteiger charge is 2.19. The van der Waals surface area contributed by atoms with Crippen LogP contribution < -0.4 is 10.1 Å². The van der Waals surface area contributed by atoms with Crippen LogP contribution in [0.1, 0.15) is 23.2 Å². The zero-order valence-corrected chi connectivity index (χ0v) is 10.2. The van der Waals surface area contributed by atoms with E-state index in [0.29, 0.717) is 19.0 Å². The second-order valence-corrected chi connectivity index (χ2v) is 4.21. The third kappa shape index (κ3) is 2.98. The van der Waals surface area contributed by atoms with Gasteiger partial charge in [0, 0.05) is 25.3 Å². The number of carbonyl (C=O) groups is 1. The molecule has 1 aromatic rings. The fourth-order valence-electron chi connectivity index (χ4n) is 1.91. The second-order valence-electron chi connectivity index (χ2n) is 4.21. The molecule has 1 heterocycles. The molecule has 4 nitrogen and oxygen atoms in total. The third-order valence-corrected chi connectivity index (χ3v) is 2.98. The molecule has 0 aliphatic carbocycles. The van der Waals surface area contributed by atoms with Gasteiger partial charge in [0.05, 0.1) is 12.7 Å². The van der Waals surface area contributed by atoms with Crippen molar-refractivity contribution >= 4 is 5.91 Å². The van der Waals surface area contributed by atoms with Crippen LogP contribution in [-0.2, 0) is 4.74 Å². The molecular weight excluding hydrogens is 237 g/mol. The van der Waals surface area contributed by atoms with Gasteiger partial charge < -0.3 is 14.8 Å². The average Bonchev–Trinajstić information content (AvgIpc) is 2.39. The van der Waals surface area contributed by atoms with Gasteiger partial charge in [0.15, 0.2) is 0 Å². The van der Waals surface area contributed by atoms with E-state index in [4.69, 9.17) is 9.47 Å². The molecule has 0 aromatic heterocycles. The Morgan fingerprint density at radius 3 is 2.78 bits per heavy atom. The Kier molecular flexibility index (Phi) is 4.15. The maximum Gasteiger partial charge on any atom is 0.254 e. The highest BCUT2D eigenvalue weighted by atomic mass is 19.1. The van der Waals surface area contributed by atoms with Crippen molar-refractivity contribution in [2.75, 3.05) is 20.3 Å². The molecule has 0 bridgehead atoms. The van der Waals surface area contributed by atoms with Gasteiger partial charge in [-0.15, -0.1) is 0 Å². The largest absolute Gasteiger partial charge is 0.497 e. The topological polar surface area (TPSA) is 47.6 Å². The quantitative estimate of drug-likeness (QED) is 0.892. The van der Waals surface area contributed by atoms with Crippen LogP contribution in [0.4, 0.5) is 4.39 Å². The number of hydrogen-bond acceptors (Lipinski definition) is 3. The first kappa shape index (κ1) is 12.8. The third-order valence-electron chi connectivity index (χ3n) is 2.98. The molecule has 0 radical (unpaired) electrons. The molecule has 1 aromatic carbocycles. The summed E-state index contributed by atoms with van der Waals surface area (Å²) in [7, 11) is 1.45. The van der Waals surface area contributed by atoms with Gasteiger partial charge in [-0.3, -0.25) is 4.79 Å². The van der Waals surface area contributed by atoms with E-state index in [1.807, 2.05) is 0 Å². The molecule has 1 aliphatic heterocycles. The number of carbonyl (C=O) groups excluding carboxylic acids is 1. The number of amides is 1. The summed E-state index contributed by atoms with van der Waals surface area (Å²) in [4.78, 5) is 11.9. The first-order valence-electron chi connectivity index (χ1n) is 5.93. The van der Waals surface area contributed by atoms with Crippen LogP contribution in [0.15, 0.2) is 18.2 Å². The Balaban J connectivity index is 2.03. The highest BCUT2D eigenvalue weighted by molar-refractivity contribution is 5.94. The SMILES string of the molecule is COc1ccc(C(=O)NC2CCOCC2)c(F)c1. The maximum atomic E-state index is 13.7. The van der Waals surface area contributed by atoms with Crippen LogP contribution in [0.25, 0.3) is 0 Å². The fraction of sp³-hybridized carbons (Fsp3) is 0.462. The first-order valence-corrected chi connectivity index (χ1v) is 5.93. The van der Waals surface area contributed by atoms with Crippen molar-refractivity contribution in [2.45, 2.75) is 18.9 Å². The average molecular weight is 253 g/mol. The summed E-state index contributed by atoms with van der Waals surface area (Å²) in [6, 6.07) is 4.27. The van der Waals surface area contributed by atoms with Crippen LogP contribution in [0, 0.1) is 5.82 Å². The highest BCUT2D eigenvalue weighted by Crippen LogP contribution is 2.17. The zero-order chi connectivity index (χ0) is 13.0. The molecule has 0 unspecified atom stereocenters. The molecule has 5 heteroatoms. The van der Waals surface area contributed by atoms with Crippen molar-refractivity contribution < 1.29 is 18.7 Å². The van der Waals surface area contributed by atoms with Crippen LogP contribution in [0.3, 0.4) is 0 Å². The second kappa shape index (κ2) is 5.82. The first-order chi connectivity index (χ1) is 8.70. The molecule has 1 fully saturated rings. The zero-order valence-electron chi connectivity index (χ0n) is 10.2. The predicted molar refractivity (Wildman–Crippen MR) is 64.3 cm³/mol. The Morgan fingerprint density at radius 1 is 1.44 bits per heavy atom. The van der Waals surface area contributed by atoms with E-state index in [1.54, 1.807) is 6.07 Å². The standard InChI is InChI=1S/C13H16FNO3/c1-17-10-2-3-11(12(14)8-10)13(16)15-9-4-6-18-7-5-9/h2-3,8-9H,4-7H2,1H3,(H,15,16). The van der Waals surface area contributed by atoms with Gasteiger partial charge in [0.2, 0.25) is 0 Å². The van der Waals surface area contributed by atoms with E-state index in [1.165, 1.54) is 19.2 Å². The van der Waals surface area contributed by atoms with Gasteiger partial charge in [-0.2, -0.15) is 0 Å². The van der Waals surface area contributed by atoms with Gasteiger partial charge in [0.25, 0.3) is 5.91 Å². The van der Waals surface area contributed by atoms with Gasteiger partial charge >= 0.3 is 0 Å². The van der Waals surface area contributed by atoms with Crippen LogP contribution in [0.2, 0.25) is 0 Å². The number of benzene rings is 1. The summed E-state index contributed by atoms with van der Waals surface area (Å²) in [5, 5.41) is 2.81. The molecule has 0 spiro atoms. The van der Waals surface area contributed by atoms with Crippen molar-refractivity contribution in [2.24, 2.45) is 0 Å². The van der Waals surface area contributed by atoms with E-state index >= 15 is 0 Å². The molecule has 1 N–H and O–H groups in total. The van der Waals surface area contributed by atoms with Crippen molar-refractivity contribution in [1.29, 1.82) is 0 Å². The van der Waals surface area contributed by atoms with Crippen molar-refractivity contribution in [3.8, 4) is 5.75 Å². The number of rotatable bonds is 3. The lowest BCUT2D eigenvalue weighted by molar-refractivity contribution is 0.0694. The number of ether oxygens (including phenoxy) is 2. The molecule has 2 rings (SSSR count). The summed E-state index contributed by atoms with van der Waals surface area (Å²) < 4.78 is 23.8. The number of methoxy groups -OCH3 is 1. The lowest BCUT2D eigenvalue weighted by Gasteiger charge is -2.23. The van der Waals surface area contributed by atoms with Crippen molar-refractivity contribution in [3.05, 3.63) is 29.6 Å². The Morgan fingerprint density at radius 2 is 2.17 bits per heavy atom. The van der Waals surface area contributed by atoms with Crippen LogP contribution >= 0.6 is 0 Å². The Hall–Kier alpha value is -1.62. The van der Waals surface area contributed by atoms with E-state index in [2.05, 4.69) is 5.32 Å². The molecule has 1 saturated heterocycles. The summed E-state index contributed by atoms with van der Waals surface area (Å²) in [5.74, 6) is -0.559. The molecule has 1 amide bonds. The van der Waals surface area contributed by atoms with Crippen molar-refractivity contribution in [1.82, 2.24) is 5.32 Å². The normalized spacial score (nSPS) is 16.3. The number of nitrogens with one attached hydrogen (secondary N) is 1. The summed E-state index contributed by atoms with van der Waals surface area (Å²) in [6.07, 6.45) is 1.53. The van der Waals surface area contributed by atoms with Gasteiger partial charge in [-0.05, 0) is 25.0 Å². The minimum absolute atomic E-state index is 0.0438. The monoisotopic (exact) mass is 253 g/mol. The van der Waals surface area contributed by atoms with E-state index in [0.717, 1.165) is 12.8 Å². The minimum atomic E-state index is -0.570. The van der Waals surface area contributed by atoms with E-state index in [9.17, 15) is 9.18 Å². The fourth-order valence-corrected chi connectivity index (χ4v) is 1.91. The molecule has 98 valence electrons. The van der Waals surface area contributed by atoms with Gasteiger partial charge in [0.1, 0.15) is 11.6 Å². The molecule has 1 aliphatic rings. The van der Waals surface area contributed by atoms with Gasteiger partial charge in [-0.25, -0.2) is 4.39 Å². The minimum Gasteiger partial charge on any atom is -0.497 e. The Bertz CT molecular complexity index is 430. The summed E-state index contributed by atoms with van der Waals surface area (Å²) in [5.41, 5.74) is 0.0438.